The Morgan fingerprint density at radius 2 is 1.80 bits per heavy atom. The molecule has 30 heavy (non-hydrogen) atoms. The van der Waals surface area contributed by atoms with Crippen molar-refractivity contribution in [1.29, 1.82) is 0 Å². The topological polar surface area (TPSA) is 61.9 Å². The lowest BCUT2D eigenvalue weighted by Gasteiger charge is -2.35. The summed E-state index contributed by atoms with van der Waals surface area (Å²) in [7, 11) is 1.59. The number of hydrogen-bond donors (Lipinski definition) is 1. The minimum Gasteiger partial charge on any atom is -0.497 e. The number of rotatable bonds is 8. The van der Waals surface area contributed by atoms with Crippen LogP contribution in [0.3, 0.4) is 0 Å². The third-order valence-corrected chi connectivity index (χ3v) is 5.49. The maximum atomic E-state index is 13.5. The van der Waals surface area contributed by atoms with E-state index in [4.69, 9.17) is 4.74 Å². The molecule has 0 aliphatic carbocycles. The van der Waals surface area contributed by atoms with Crippen LogP contribution in [0.5, 0.6) is 5.75 Å². The average Bonchev–Trinajstić information content (AvgIpc) is 2.79. The quantitative estimate of drug-likeness (QED) is 0.722. The molecule has 1 atom stereocenters. The van der Waals surface area contributed by atoms with E-state index in [1.54, 1.807) is 13.2 Å². The van der Waals surface area contributed by atoms with E-state index >= 15 is 0 Å². The van der Waals surface area contributed by atoms with Crippen LogP contribution in [-0.2, 0) is 9.59 Å². The molecule has 6 nitrogen and oxygen atoms in total. The number of methoxy groups -OCH3 is 1. The molecular weight excluding hydrogens is 378 g/mol. The molecule has 1 saturated heterocycles. The molecule has 1 unspecified atom stereocenters. The fourth-order valence-electron chi connectivity index (χ4n) is 3.90. The van der Waals surface area contributed by atoms with Crippen LogP contribution in [0.15, 0.2) is 54.6 Å². The zero-order chi connectivity index (χ0) is 21.3. The molecule has 2 amide bonds. The molecule has 1 heterocycles. The summed E-state index contributed by atoms with van der Waals surface area (Å²) >= 11 is 0. The first-order valence-corrected chi connectivity index (χ1v) is 10.6. The van der Waals surface area contributed by atoms with Crippen molar-refractivity contribution in [1.82, 2.24) is 9.80 Å². The number of nitrogens with zero attached hydrogens (tertiary/aromatic N) is 2. The van der Waals surface area contributed by atoms with E-state index < -0.39 is 6.04 Å². The van der Waals surface area contributed by atoms with Crippen molar-refractivity contribution < 1.29 is 14.3 Å². The van der Waals surface area contributed by atoms with Crippen LogP contribution >= 0.6 is 0 Å². The van der Waals surface area contributed by atoms with Crippen molar-refractivity contribution >= 4 is 17.5 Å². The third-order valence-electron chi connectivity index (χ3n) is 5.49. The zero-order valence-corrected chi connectivity index (χ0v) is 17.8. The molecule has 2 aromatic carbocycles. The number of anilines is 1. The lowest BCUT2D eigenvalue weighted by atomic mass is 10.0. The summed E-state index contributed by atoms with van der Waals surface area (Å²) in [5, 5.41) is 2.92. The Labute approximate surface area is 178 Å². The van der Waals surface area contributed by atoms with Crippen molar-refractivity contribution in [3.05, 3.63) is 60.2 Å². The molecular formula is C24H31N3O3. The van der Waals surface area contributed by atoms with E-state index in [9.17, 15) is 9.59 Å². The Balaban J connectivity index is 1.77. The van der Waals surface area contributed by atoms with Crippen LogP contribution in [0.4, 0.5) is 5.69 Å². The van der Waals surface area contributed by atoms with Gasteiger partial charge >= 0.3 is 0 Å². The van der Waals surface area contributed by atoms with Crippen molar-refractivity contribution in [3.8, 4) is 5.75 Å². The summed E-state index contributed by atoms with van der Waals surface area (Å²) in [6, 6.07) is 16.6. The lowest BCUT2D eigenvalue weighted by Crippen LogP contribution is -2.47. The van der Waals surface area contributed by atoms with Crippen LogP contribution < -0.4 is 10.1 Å². The third kappa shape index (κ3) is 5.60. The van der Waals surface area contributed by atoms with Gasteiger partial charge in [-0.1, -0.05) is 43.3 Å². The Morgan fingerprint density at radius 3 is 2.47 bits per heavy atom. The number of carbonyl (C=O) groups is 2. The second-order valence-electron chi connectivity index (χ2n) is 7.54. The number of amides is 2. The van der Waals surface area contributed by atoms with Gasteiger partial charge in [-0.15, -0.1) is 0 Å². The smallest absolute Gasteiger partial charge is 0.244 e. The molecule has 0 radical (unpaired) electrons. The van der Waals surface area contributed by atoms with Gasteiger partial charge in [0.05, 0.1) is 13.7 Å². The predicted octanol–water partition coefficient (Wildman–Crippen LogP) is 3.71. The minimum atomic E-state index is -0.467. The van der Waals surface area contributed by atoms with Crippen molar-refractivity contribution in [2.75, 3.05) is 38.6 Å². The lowest BCUT2D eigenvalue weighted by molar-refractivity contribution is -0.138. The van der Waals surface area contributed by atoms with Crippen molar-refractivity contribution in [2.45, 2.75) is 32.2 Å². The van der Waals surface area contributed by atoms with E-state index in [2.05, 4.69) is 5.32 Å². The molecule has 160 valence electrons. The number of benzene rings is 2. The molecule has 1 aliphatic heterocycles. The summed E-state index contributed by atoms with van der Waals surface area (Å²) in [6.07, 6.45) is 3.24. The summed E-state index contributed by atoms with van der Waals surface area (Å²) in [6.45, 7) is 4.28. The molecule has 6 heteroatoms. The van der Waals surface area contributed by atoms with Gasteiger partial charge < -0.3 is 15.0 Å². The molecule has 0 aromatic heterocycles. The summed E-state index contributed by atoms with van der Waals surface area (Å²) in [5.74, 6) is 0.608. The molecule has 1 aliphatic rings. The molecule has 0 bridgehead atoms. The highest BCUT2D eigenvalue weighted by Crippen LogP contribution is 2.25. The fourth-order valence-corrected chi connectivity index (χ4v) is 3.90. The molecule has 0 saturated carbocycles. The van der Waals surface area contributed by atoms with Gasteiger partial charge in [-0.2, -0.15) is 0 Å². The van der Waals surface area contributed by atoms with Gasteiger partial charge in [0.2, 0.25) is 11.8 Å². The summed E-state index contributed by atoms with van der Waals surface area (Å²) in [4.78, 5) is 30.2. The molecule has 0 spiro atoms. The largest absolute Gasteiger partial charge is 0.497 e. The second-order valence-corrected chi connectivity index (χ2v) is 7.54. The van der Waals surface area contributed by atoms with Gasteiger partial charge in [-0.25, -0.2) is 0 Å². The predicted molar refractivity (Wildman–Crippen MR) is 118 cm³/mol. The first-order valence-electron chi connectivity index (χ1n) is 10.6. The first-order chi connectivity index (χ1) is 14.6. The molecule has 1 N–H and O–H groups in total. The van der Waals surface area contributed by atoms with Gasteiger partial charge in [0.1, 0.15) is 11.8 Å². The van der Waals surface area contributed by atoms with E-state index in [1.165, 1.54) is 6.42 Å². The Hall–Kier alpha value is -2.86. The SMILES string of the molecule is CCN(CC(=O)Nc1cccc(OC)c1)C(C(=O)N1CCCCC1)c1ccccc1. The number of nitrogens with one attached hydrogen (secondary N) is 1. The van der Waals surface area contributed by atoms with Crippen LogP contribution in [-0.4, -0.2) is 54.9 Å². The number of carbonyl (C=O) groups excluding carboxylic acids is 2. The van der Waals surface area contributed by atoms with Crippen LogP contribution in [0.2, 0.25) is 0 Å². The average molecular weight is 410 g/mol. The van der Waals surface area contributed by atoms with Crippen LogP contribution in [0.25, 0.3) is 0 Å². The number of likely N-dealkylation sites (tertiary alicyclic amines) is 1. The zero-order valence-electron chi connectivity index (χ0n) is 17.8. The fraction of sp³-hybridized carbons (Fsp3) is 0.417. The highest BCUT2D eigenvalue weighted by Gasteiger charge is 2.32. The van der Waals surface area contributed by atoms with Crippen LogP contribution in [0.1, 0.15) is 37.8 Å². The molecule has 1 fully saturated rings. The molecule has 3 rings (SSSR count). The van der Waals surface area contributed by atoms with Crippen LogP contribution in [0, 0.1) is 0 Å². The Morgan fingerprint density at radius 1 is 1.07 bits per heavy atom. The Bertz CT molecular complexity index is 835. The van der Waals surface area contributed by atoms with Crippen molar-refractivity contribution in [2.24, 2.45) is 0 Å². The summed E-state index contributed by atoms with van der Waals surface area (Å²) < 4.78 is 5.22. The minimum absolute atomic E-state index is 0.0805. The van der Waals surface area contributed by atoms with Gasteiger partial charge in [0, 0.05) is 24.8 Å². The van der Waals surface area contributed by atoms with E-state index in [0.29, 0.717) is 18.0 Å². The normalized spacial score (nSPS) is 15.0. The Kier molecular flexibility index (Phi) is 7.85. The van der Waals surface area contributed by atoms with Gasteiger partial charge in [0.15, 0.2) is 0 Å². The number of hydrogen-bond acceptors (Lipinski definition) is 4. The van der Waals surface area contributed by atoms with Gasteiger partial charge in [-0.05, 0) is 43.5 Å². The van der Waals surface area contributed by atoms with E-state index in [1.807, 2.05) is 65.3 Å². The maximum absolute atomic E-state index is 13.5. The molecule has 2 aromatic rings. The van der Waals surface area contributed by atoms with E-state index in [-0.39, 0.29) is 18.4 Å². The summed E-state index contributed by atoms with van der Waals surface area (Å²) in [5.41, 5.74) is 1.60. The second kappa shape index (κ2) is 10.8. The van der Waals surface area contributed by atoms with Gasteiger partial charge in [-0.3, -0.25) is 14.5 Å². The highest BCUT2D eigenvalue weighted by atomic mass is 16.5. The van der Waals surface area contributed by atoms with Gasteiger partial charge in [0.25, 0.3) is 0 Å². The number of ether oxygens (including phenoxy) is 1. The van der Waals surface area contributed by atoms with Crippen molar-refractivity contribution in [3.63, 3.8) is 0 Å². The maximum Gasteiger partial charge on any atom is 0.244 e. The number of piperidine rings is 1. The first kappa shape index (κ1) is 21.8. The number of likely N-dealkylation sites (N-methyl/N-ethyl adjacent to an activating group) is 1. The van der Waals surface area contributed by atoms with E-state index in [0.717, 1.165) is 31.5 Å². The monoisotopic (exact) mass is 409 g/mol. The standard InChI is InChI=1S/C24H31N3O3/c1-3-26(18-22(28)25-20-13-10-14-21(17-20)30-2)23(19-11-6-4-7-12-19)24(29)27-15-8-5-9-16-27/h4,6-7,10-14,17,23H,3,5,8-9,15-16,18H2,1-2H3,(H,25,28). The highest BCUT2D eigenvalue weighted by molar-refractivity contribution is 5.93.